The molecule has 0 radical (unpaired) electrons. The molecular formula is C11H20N2O3. The maximum Gasteiger partial charge on any atom is 0.308 e. The molecule has 0 aromatic rings. The first-order chi connectivity index (χ1) is 7.41. The van der Waals surface area contributed by atoms with Crippen molar-refractivity contribution in [1.82, 2.24) is 9.80 Å². The predicted octanol–water partition coefficient (Wildman–Crippen LogP) is 0.117. The van der Waals surface area contributed by atoms with Crippen LogP contribution in [0.4, 0.5) is 0 Å². The van der Waals surface area contributed by atoms with Gasteiger partial charge in [0.2, 0.25) is 5.91 Å². The fourth-order valence-electron chi connectivity index (χ4n) is 1.97. The second kappa shape index (κ2) is 5.30. The second-order valence-corrected chi connectivity index (χ2v) is 4.77. The van der Waals surface area contributed by atoms with Gasteiger partial charge in [0.15, 0.2) is 0 Å². The van der Waals surface area contributed by atoms with Crippen LogP contribution in [0, 0.1) is 11.8 Å². The molecule has 1 N–H and O–H groups in total. The molecule has 5 nitrogen and oxygen atoms in total. The molecule has 0 saturated carbocycles. The standard InChI is InChI=1S/C11H20N2O3/c1-8-6-13(7-9(8)11(15)16)10(14)4-5-12(2)3/h8-9H,4-7H2,1-3H3,(H,15,16)/t8-,9-/m1/s1. The van der Waals surface area contributed by atoms with Crippen molar-refractivity contribution in [2.75, 3.05) is 33.7 Å². The number of nitrogens with zero attached hydrogens (tertiary/aromatic N) is 2. The highest BCUT2D eigenvalue weighted by Crippen LogP contribution is 2.23. The van der Waals surface area contributed by atoms with Crippen LogP contribution in [0.5, 0.6) is 0 Å². The minimum absolute atomic E-state index is 0.0563. The molecule has 1 aliphatic rings. The Morgan fingerprint density at radius 1 is 1.38 bits per heavy atom. The van der Waals surface area contributed by atoms with Crippen LogP contribution < -0.4 is 0 Å². The molecule has 2 atom stereocenters. The Hall–Kier alpha value is -1.10. The first-order valence-electron chi connectivity index (χ1n) is 5.57. The molecule has 0 aromatic carbocycles. The van der Waals surface area contributed by atoms with E-state index in [1.165, 1.54) is 0 Å². The highest BCUT2D eigenvalue weighted by Gasteiger charge is 2.36. The largest absolute Gasteiger partial charge is 0.481 e. The fourth-order valence-corrected chi connectivity index (χ4v) is 1.97. The Morgan fingerprint density at radius 2 is 2.00 bits per heavy atom. The number of carboxylic acid groups (broad SMARTS) is 1. The number of carbonyl (C=O) groups is 2. The molecule has 1 fully saturated rings. The average Bonchev–Trinajstić information content (AvgIpc) is 2.56. The average molecular weight is 228 g/mol. The van der Waals surface area contributed by atoms with Crippen LogP contribution in [0.2, 0.25) is 0 Å². The van der Waals surface area contributed by atoms with Crippen LogP contribution >= 0.6 is 0 Å². The molecule has 1 aliphatic heterocycles. The van der Waals surface area contributed by atoms with Crippen molar-refractivity contribution in [3.8, 4) is 0 Å². The molecule has 0 unspecified atom stereocenters. The fraction of sp³-hybridized carbons (Fsp3) is 0.818. The van der Waals surface area contributed by atoms with E-state index in [2.05, 4.69) is 0 Å². The van der Waals surface area contributed by atoms with Crippen molar-refractivity contribution >= 4 is 11.9 Å². The van der Waals surface area contributed by atoms with Crippen molar-refractivity contribution in [3.05, 3.63) is 0 Å². The van der Waals surface area contributed by atoms with E-state index in [1.807, 2.05) is 25.9 Å². The van der Waals surface area contributed by atoms with Crippen LogP contribution in [0.25, 0.3) is 0 Å². The van der Waals surface area contributed by atoms with Crippen LogP contribution in [-0.4, -0.2) is 60.5 Å². The third-order valence-electron chi connectivity index (χ3n) is 3.06. The number of hydrogen-bond donors (Lipinski definition) is 1. The quantitative estimate of drug-likeness (QED) is 0.742. The lowest BCUT2D eigenvalue weighted by atomic mass is 9.99. The van der Waals surface area contributed by atoms with E-state index in [1.54, 1.807) is 4.90 Å². The topological polar surface area (TPSA) is 60.9 Å². The van der Waals surface area contributed by atoms with Crippen molar-refractivity contribution in [2.24, 2.45) is 11.8 Å². The summed E-state index contributed by atoms with van der Waals surface area (Å²) in [5.41, 5.74) is 0. The number of hydrogen-bond acceptors (Lipinski definition) is 3. The van der Waals surface area contributed by atoms with E-state index in [4.69, 9.17) is 5.11 Å². The van der Waals surface area contributed by atoms with Gasteiger partial charge >= 0.3 is 5.97 Å². The maximum atomic E-state index is 11.8. The third-order valence-corrected chi connectivity index (χ3v) is 3.06. The molecule has 5 heteroatoms. The summed E-state index contributed by atoms with van der Waals surface area (Å²) < 4.78 is 0. The van der Waals surface area contributed by atoms with Crippen molar-refractivity contribution in [2.45, 2.75) is 13.3 Å². The Bertz CT molecular complexity index is 278. The Balaban J connectivity index is 2.45. The Kier molecular flexibility index (Phi) is 4.29. The van der Waals surface area contributed by atoms with E-state index < -0.39 is 11.9 Å². The summed E-state index contributed by atoms with van der Waals surface area (Å²) in [7, 11) is 3.83. The molecule has 16 heavy (non-hydrogen) atoms. The van der Waals surface area contributed by atoms with Gasteiger partial charge in [0, 0.05) is 26.1 Å². The molecular weight excluding hydrogens is 208 g/mol. The van der Waals surface area contributed by atoms with E-state index in [0.29, 0.717) is 26.1 Å². The normalized spacial score (nSPS) is 25.1. The molecule has 1 amide bonds. The summed E-state index contributed by atoms with van der Waals surface area (Å²) >= 11 is 0. The SMILES string of the molecule is C[C@@H]1CN(C(=O)CCN(C)C)C[C@H]1C(=O)O. The number of amides is 1. The molecule has 1 heterocycles. The van der Waals surface area contributed by atoms with Gasteiger partial charge in [0.05, 0.1) is 5.92 Å². The predicted molar refractivity (Wildman–Crippen MR) is 60.0 cm³/mol. The lowest BCUT2D eigenvalue weighted by Gasteiger charge is -2.17. The van der Waals surface area contributed by atoms with Crippen LogP contribution in [0.1, 0.15) is 13.3 Å². The number of carbonyl (C=O) groups excluding carboxylic acids is 1. The van der Waals surface area contributed by atoms with Gasteiger partial charge in [0.1, 0.15) is 0 Å². The van der Waals surface area contributed by atoms with Gasteiger partial charge < -0.3 is 14.9 Å². The minimum atomic E-state index is -0.796. The zero-order valence-corrected chi connectivity index (χ0v) is 10.1. The lowest BCUT2D eigenvalue weighted by molar-refractivity contribution is -0.142. The van der Waals surface area contributed by atoms with Crippen molar-refractivity contribution in [1.29, 1.82) is 0 Å². The van der Waals surface area contributed by atoms with Crippen molar-refractivity contribution < 1.29 is 14.7 Å². The number of aliphatic carboxylic acids is 1. The molecule has 0 spiro atoms. The summed E-state index contributed by atoms with van der Waals surface area (Å²) in [5, 5.41) is 8.96. The van der Waals surface area contributed by atoms with Gasteiger partial charge in [-0.05, 0) is 20.0 Å². The zero-order chi connectivity index (χ0) is 12.3. The molecule has 0 bridgehead atoms. The van der Waals surface area contributed by atoms with Crippen LogP contribution in [0.3, 0.4) is 0 Å². The first-order valence-corrected chi connectivity index (χ1v) is 5.57. The minimum Gasteiger partial charge on any atom is -0.481 e. The van der Waals surface area contributed by atoms with Gasteiger partial charge in [-0.25, -0.2) is 0 Å². The molecule has 92 valence electrons. The number of carboxylic acids is 1. The summed E-state index contributed by atoms with van der Waals surface area (Å²) in [4.78, 5) is 26.3. The Labute approximate surface area is 96.0 Å². The summed E-state index contributed by atoms with van der Waals surface area (Å²) in [6.45, 7) is 3.53. The van der Waals surface area contributed by atoms with E-state index >= 15 is 0 Å². The lowest BCUT2D eigenvalue weighted by Crippen LogP contribution is -2.32. The van der Waals surface area contributed by atoms with Crippen LogP contribution in [0.15, 0.2) is 0 Å². The van der Waals surface area contributed by atoms with E-state index in [9.17, 15) is 9.59 Å². The van der Waals surface area contributed by atoms with Gasteiger partial charge in [-0.2, -0.15) is 0 Å². The summed E-state index contributed by atoms with van der Waals surface area (Å²) in [6.07, 6.45) is 0.464. The molecule has 0 aliphatic carbocycles. The monoisotopic (exact) mass is 228 g/mol. The van der Waals surface area contributed by atoms with Gasteiger partial charge in [0.25, 0.3) is 0 Å². The molecule has 0 aromatic heterocycles. The second-order valence-electron chi connectivity index (χ2n) is 4.77. The Morgan fingerprint density at radius 3 is 2.44 bits per heavy atom. The van der Waals surface area contributed by atoms with Crippen molar-refractivity contribution in [3.63, 3.8) is 0 Å². The summed E-state index contributed by atoms with van der Waals surface area (Å²) in [5.74, 6) is -1.08. The first kappa shape index (κ1) is 13.0. The molecule has 1 rings (SSSR count). The maximum absolute atomic E-state index is 11.8. The van der Waals surface area contributed by atoms with E-state index in [0.717, 1.165) is 0 Å². The number of likely N-dealkylation sites (tertiary alicyclic amines) is 1. The molecule has 1 saturated heterocycles. The van der Waals surface area contributed by atoms with Gasteiger partial charge in [-0.1, -0.05) is 6.92 Å². The van der Waals surface area contributed by atoms with Gasteiger partial charge in [-0.3, -0.25) is 9.59 Å². The number of rotatable bonds is 4. The van der Waals surface area contributed by atoms with Crippen LogP contribution in [-0.2, 0) is 9.59 Å². The summed E-state index contributed by atoms with van der Waals surface area (Å²) in [6, 6.07) is 0. The van der Waals surface area contributed by atoms with E-state index in [-0.39, 0.29) is 11.8 Å². The highest BCUT2D eigenvalue weighted by atomic mass is 16.4. The smallest absolute Gasteiger partial charge is 0.308 e. The highest BCUT2D eigenvalue weighted by molar-refractivity contribution is 5.79. The van der Waals surface area contributed by atoms with Gasteiger partial charge in [-0.15, -0.1) is 0 Å². The zero-order valence-electron chi connectivity index (χ0n) is 10.1. The third kappa shape index (κ3) is 3.20.